The molecular formula is C20H25N5O3. The van der Waals surface area contributed by atoms with Gasteiger partial charge < -0.3 is 10.2 Å². The molecule has 4 rings (SSSR count). The molecule has 0 radical (unpaired) electrons. The van der Waals surface area contributed by atoms with E-state index in [1.165, 1.54) is 0 Å². The number of benzene rings is 1. The Hall–Kier alpha value is -2.90. The number of rotatable bonds is 4. The molecule has 8 nitrogen and oxygen atoms in total. The number of carbonyl (C=O) groups is 2. The highest BCUT2D eigenvalue weighted by Gasteiger charge is 2.35. The Morgan fingerprint density at radius 1 is 1.25 bits per heavy atom. The van der Waals surface area contributed by atoms with Crippen LogP contribution in [0.3, 0.4) is 0 Å². The SMILES string of the molecule is CCn1c(C2CCN(C(=O)C[C@H]3C(=O)Nc4c(C)cccc43)CC2)n[nH]c1=O. The molecule has 1 fully saturated rings. The molecule has 2 aliphatic heterocycles. The third-order valence-corrected chi connectivity index (χ3v) is 5.94. The van der Waals surface area contributed by atoms with E-state index in [1.54, 1.807) is 4.57 Å². The fraction of sp³-hybridized carbons (Fsp3) is 0.500. The fourth-order valence-corrected chi connectivity index (χ4v) is 4.34. The molecule has 0 saturated carbocycles. The molecule has 1 aromatic carbocycles. The van der Waals surface area contributed by atoms with Gasteiger partial charge in [-0.2, -0.15) is 5.10 Å². The van der Waals surface area contributed by atoms with Gasteiger partial charge in [-0.15, -0.1) is 0 Å². The Balaban J connectivity index is 1.41. The van der Waals surface area contributed by atoms with Crippen LogP contribution < -0.4 is 11.0 Å². The number of H-pyrrole nitrogens is 1. The van der Waals surface area contributed by atoms with E-state index in [0.29, 0.717) is 19.6 Å². The number of amides is 2. The van der Waals surface area contributed by atoms with Crippen LogP contribution in [0.15, 0.2) is 23.0 Å². The Kier molecular flexibility index (Phi) is 4.78. The number of fused-ring (bicyclic) bond motifs is 1. The van der Waals surface area contributed by atoms with Gasteiger partial charge in [-0.1, -0.05) is 18.2 Å². The molecule has 0 unspecified atom stereocenters. The van der Waals surface area contributed by atoms with E-state index in [2.05, 4.69) is 15.5 Å². The minimum atomic E-state index is -0.420. The Labute approximate surface area is 162 Å². The summed E-state index contributed by atoms with van der Waals surface area (Å²) in [5.41, 5.74) is 2.59. The number of aromatic amines is 1. The molecular weight excluding hydrogens is 358 g/mol. The van der Waals surface area contributed by atoms with Gasteiger partial charge in [0.1, 0.15) is 5.82 Å². The van der Waals surface area contributed by atoms with E-state index in [-0.39, 0.29) is 29.8 Å². The van der Waals surface area contributed by atoms with E-state index in [9.17, 15) is 14.4 Å². The van der Waals surface area contributed by atoms with Crippen LogP contribution in [0.1, 0.15) is 55.0 Å². The zero-order valence-electron chi connectivity index (χ0n) is 16.2. The molecule has 148 valence electrons. The van der Waals surface area contributed by atoms with Crippen LogP contribution in [-0.2, 0) is 16.1 Å². The van der Waals surface area contributed by atoms with Crippen molar-refractivity contribution in [2.75, 3.05) is 18.4 Å². The summed E-state index contributed by atoms with van der Waals surface area (Å²) in [6.07, 6.45) is 1.72. The van der Waals surface area contributed by atoms with Gasteiger partial charge in [0.25, 0.3) is 0 Å². The third-order valence-electron chi connectivity index (χ3n) is 5.94. The summed E-state index contributed by atoms with van der Waals surface area (Å²) in [6, 6.07) is 5.81. The van der Waals surface area contributed by atoms with Crippen molar-refractivity contribution in [1.82, 2.24) is 19.7 Å². The van der Waals surface area contributed by atoms with Crippen molar-refractivity contribution in [2.24, 2.45) is 0 Å². The predicted molar refractivity (Wildman–Crippen MR) is 104 cm³/mol. The highest BCUT2D eigenvalue weighted by molar-refractivity contribution is 6.05. The van der Waals surface area contributed by atoms with Crippen molar-refractivity contribution in [3.05, 3.63) is 45.6 Å². The van der Waals surface area contributed by atoms with Gasteiger partial charge in [0.15, 0.2) is 0 Å². The van der Waals surface area contributed by atoms with E-state index < -0.39 is 5.92 Å². The maximum absolute atomic E-state index is 12.8. The van der Waals surface area contributed by atoms with E-state index in [4.69, 9.17) is 0 Å². The maximum Gasteiger partial charge on any atom is 0.343 e. The molecule has 2 amide bonds. The fourth-order valence-electron chi connectivity index (χ4n) is 4.34. The lowest BCUT2D eigenvalue weighted by Gasteiger charge is -2.32. The van der Waals surface area contributed by atoms with E-state index in [1.807, 2.05) is 36.9 Å². The van der Waals surface area contributed by atoms with Crippen LogP contribution in [-0.4, -0.2) is 44.6 Å². The monoisotopic (exact) mass is 383 g/mol. The number of carbonyl (C=O) groups excluding carboxylic acids is 2. The largest absolute Gasteiger partial charge is 0.343 e. The van der Waals surface area contributed by atoms with Crippen molar-refractivity contribution in [1.29, 1.82) is 0 Å². The molecule has 0 bridgehead atoms. The van der Waals surface area contributed by atoms with Gasteiger partial charge in [-0.25, -0.2) is 9.89 Å². The number of hydrogen-bond acceptors (Lipinski definition) is 4. The summed E-state index contributed by atoms with van der Waals surface area (Å²) in [7, 11) is 0. The third kappa shape index (κ3) is 3.12. The van der Waals surface area contributed by atoms with Crippen LogP contribution in [0.25, 0.3) is 0 Å². The number of anilines is 1. The number of piperidine rings is 1. The van der Waals surface area contributed by atoms with Crippen LogP contribution in [0.4, 0.5) is 5.69 Å². The number of nitrogens with one attached hydrogen (secondary N) is 2. The first-order valence-electron chi connectivity index (χ1n) is 9.82. The maximum atomic E-state index is 12.8. The predicted octanol–water partition coefficient (Wildman–Crippen LogP) is 1.73. The lowest BCUT2D eigenvalue weighted by Crippen LogP contribution is -2.39. The first-order chi connectivity index (χ1) is 13.5. The van der Waals surface area contributed by atoms with Crippen LogP contribution in [0, 0.1) is 6.92 Å². The molecule has 1 saturated heterocycles. The van der Waals surface area contributed by atoms with Gasteiger partial charge >= 0.3 is 5.69 Å². The quantitative estimate of drug-likeness (QED) is 0.840. The highest BCUT2D eigenvalue weighted by atomic mass is 16.2. The Morgan fingerprint density at radius 2 is 2.00 bits per heavy atom. The van der Waals surface area contributed by atoms with Crippen LogP contribution in [0.5, 0.6) is 0 Å². The average molecular weight is 383 g/mol. The van der Waals surface area contributed by atoms with Gasteiger partial charge in [0, 0.05) is 37.7 Å². The van der Waals surface area contributed by atoms with Gasteiger partial charge in [0.05, 0.1) is 5.92 Å². The minimum Gasteiger partial charge on any atom is -0.343 e. The zero-order chi connectivity index (χ0) is 19.8. The van der Waals surface area contributed by atoms with Gasteiger partial charge in [-0.3, -0.25) is 14.2 Å². The van der Waals surface area contributed by atoms with Crippen molar-refractivity contribution in [3.8, 4) is 0 Å². The van der Waals surface area contributed by atoms with Crippen molar-refractivity contribution in [2.45, 2.75) is 51.5 Å². The molecule has 2 aromatic rings. The smallest absolute Gasteiger partial charge is 0.343 e. The molecule has 0 spiro atoms. The van der Waals surface area contributed by atoms with Gasteiger partial charge in [0.2, 0.25) is 11.8 Å². The van der Waals surface area contributed by atoms with Gasteiger partial charge in [-0.05, 0) is 37.8 Å². The second kappa shape index (κ2) is 7.26. The molecule has 2 aliphatic rings. The standard InChI is InChI=1S/C20H25N5O3/c1-3-25-18(22-23-20(25)28)13-7-9-24(10-8-13)16(26)11-15-14-6-4-5-12(2)17(14)21-19(15)27/h4-6,13,15H,3,7-11H2,1-2H3,(H,21,27)(H,23,28)/t15-/m1/s1. The minimum absolute atomic E-state index is 0.00265. The first kappa shape index (κ1) is 18.5. The van der Waals surface area contributed by atoms with Crippen LogP contribution >= 0.6 is 0 Å². The molecule has 28 heavy (non-hydrogen) atoms. The molecule has 1 atom stereocenters. The second-order valence-electron chi connectivity index (χ2n) is 7.57. The molecule has 3 heterocycles. The number of aromatic nitrogens is 3. The Morgan fingerprint density at radius 3 is 2.71 bits per heavy atom. The summed E-state index contributed by atoms with van der Waals surface area (Å²) in [5.74, 6) is 0.427. The first-order valence-corrected chi connectivity index (χ1v) is 9.82. The molecule has 1 aromatic heterocycles. The average Bonchev–Trinajstić information content (AvgIpc) is 3.23. The molecule has 0 aliphatic carbocycles. The lowest BCUT2D eigenvalue weighted by atomic mass is 9.93. The van der Waals surface area contributed by atoms with Crippen molar-refractivity contribution >= 4 is 17.5 Å². The van der Waals surface area contributed by atoms with E-state index >= 15 is 0 Å². The summed E-state index contributed by atoms with van der Waals surface area (Å²) in [6.45, 7) is 5.69. The summed E-state index contributed by atoms with van der Waals surface area (Å²) in [5, 5.41) is 9.61. The van der Waals surface area contributed by atoms with E-state index in [0.717, 1.165) is 35.5 Å². The number of likely N-dealkylation sites (tertiary alicyclic amines) is 1. The second-order valence-corrected chi connectivity index (χ2v) is 7.57. The number of para-hydroxylation sites is 1. The summed E-state index contributed by atoms with van der Waals surface area (Å²) in [4.78, 5) is 38.8. The van der Waals surface area contributed by atoms with Crippen LogP contribution in [0.2, 0.25) is 0 Å². The Bertz CT molecular complexity index is 968. The van der Waals surface area contributed by atoms with Crippen molar-refractivity contribution in [3.63, 3.8) is 0 Å². The zero-order valence-corrected chi connectivity index (χ0v) is 16.2. The molecule has 2 N–H and O–H groups in total. The number of aryl methyl sites for hydroxylation is 1. The number of hydrogen-bond donors (Lipinski definition) is 2. The molecule has 8 heteroatoms. The normalized spacial score (nSPS) is 19.6. The highest BCUT2D eigenvalue weighted by Crippen LogP contribution is 2.37. The topological polar surface area (TPSA) is 100 Å². The summed E-state index contributed by atoms with van der Waals surface area (Å²) < 4.78 is 1.66. The summed E-state index contributed by atoms with van der Waals surface area (Å²) >= 11 is 0. The van der Waals surface area contributed by atoms with Crippen molar-refractivity contribution < 1.29 is 9.59 Å². The number of nitrogens with zero attached hydrogens (tertiary/aromatic N) is 3. The lowest BCUT2D eigenvalue weighted by molar-refractivity contribution is -0.134.